The van der Waals surface area contributed by atoms with Crippen LogP contribution in [0.15, 0.2) is 73.6 Å². The second-order valence-corrected chi connectivity index (χ2v) is 8.73. The highest BCUT2D eigenvalue weighted by Gasteiger charge is 2.18. The van der Waals surface area contributed by atoms with E-state index >= 15 is 0 Å². The minimum absolute atomic E-state index is 0.231. The number of carbonyl (C=O) groups is 1. The van der Waals surface area contributed by atoms with Crippen LogP contribution in [0.2, 0.25) is 0 Å². The van der Waals surface area contributed by atoms with Gasteiger partial charge in [-0.2, -0.15) is 0 Å². The molecular formula is C26H20N12O. The number of pyridine rings is 1. The molecule has 0 aliphatic carbocycles. The lowest BCUT2D eigenvalue weighted by atomic mass is 10.1. The summed E-state index contributed by atoms with van der Waals surface area (Å²) in [5, 5.41) is 20.2. The Kier molecular flexibility index (Phi) is 5.18. The molecule has 0 unspecified atom stereocenters. The molecule has 0 saturated carbocycles. The molecule has 39 heavy (non-hydrogen) atoms. The predicted molar refractivity (Wildman–Crippen MR) is 142 cm³/mol. The van der Waals surface area contributed by atoms with E-state index in [-0.39, 0.29) is 5.91 Å². The third-order valence-corrected chi connectivity index (χ3v) is 6.29. The summed E-state index contributed by atoms with van der Waals surface area (Å²) in [5.41, 5.74) is 7.21. The lowest BCUT2D eigenvalue weighted by Gasteiger charge is -2.06. The van der Waals surface area contributed by atoms with Gasteiger partial charge in [-0.25, -0.2) is 24.3 Å². The molecule has 5 heterocycles. The number of amides is 1. The molecule has 2 aromatic carbocycles. The van der Waals surface area contributed by atoms with Crippen molar-refractivity contribution in [1.29, 1.82) is 0 Å². The fourth-order valence-electron chi connectivity index (χ4n) is 4.46. The van der Waals surface area contributed by atoms with Crippen molar-refractivity contribution < 1.29 is 4.79 Å². The van der Waals surface area contributed by atoms with Crippen LogP contribution in [-0.2, 0) is 0 Å². The average Bonchev–Trinajstić information content (AvgIpc) is 3.78. The number of nitrogens with zero attached hydrogens (tertiary/aromatic N) is 9. The maximum absolute atomic E-state index is 12.9. The number of hydrogen-bond acceptors (Lipinski definition) is 8. The third kappa shape index (κ3) is 3.89. The highest BCUT2D eigenvalue weighted by atomic mass is 16.1. The van der Waals surface area contributed by atoms with Gasteiger partial charge in [-0.15, -0.1) is 10.2 Å². The van der Waals surface area contributed by atoms with Crippen LogP contribution in [-0.4, -0.2) is 67.4 Å². The zero-order valence-corrected chi connectivity index (χ0v) is 20.6. The molecule has 0 fully saturated rings. The van der Waals surface area contributed by atoms with Crippen LogP contribution < -0.4 is 5.32 Å². The highest BCUT2D eigenvalue weighted by molar-refractivity contribution is 5.96. The first-order valence-electron chi connectivity index (χ1n) is 12.2. The van der Waals surface area contributed by atoms with E-state index in [1.54, 1.807) is 46.5 Å². The Labute approximate surface area is 219 Å². The molecule has 0 saturated heterocycles. The van der Waals surface area contributed by atoms with Gasteiger partial charge in [-0.1, -0.05) is 22.6 Å². The molecule has 0 radical (unpaired) electrons. The average molecular weight is 517 g/mol. The van der Waals surface area contributed by atoms with Gasteiger partial charge in [0.1, 0.15) is 16.9 Å². The molecule has 13 nitrogen and oxygen atoms in total. The van der Waals surface area contributed by atoms with Crippen molar-refractivity contribution in [2.75, 3.05) is 6.54 Å². The van der Waals surface area contributed by atoms with Crippen LogP contribution >= 0.6 is 0 Å². The smallest absolute Gasteiger partial charge is 0.251 e. The van der Waals surface area contributed by atoms with Gasteiger partial charge < -0.3 is 15.3 Å². The Morgan fingerprint density at radius 2 is 1.54 bits per heavy atom. The number of carbonyl (C=O) groups excluding carboxylic acids is 1. The Bertz CT molecular complexity index is 1850. The number of imidazole rings is 2. The van der Waals surface area contributed by atoms with Crippen molar-refractivity contribution in [1.82, 2.24) is 60.2 Å². The predicted octanol–water partition coefficient (Wildman–Crippen LogP) is 3.08. The van der Waals surface area contributed by atoms with E-state index in [2.05, 4.69) is 45.9 Å². The number of hydrogen-bond donors (Lipinski definition) is 3. The second-order valence-electron chi connectivity index (χ2n) is 8.73. The molecule has 7 rings (SSSR count). The number of aromatic amines is 2. The van der Waals surface area contributed by atoms with Crippen LogP contribution in [0.25, 0.3) is 56.2 Å². The topological polar surface area (TPSA) is 161 Å². The standard InChI is InChI=1S/C26H20N12O/c1-2-27-26(39)15-9-18(20-11-37(35-33-20)22-7-3-5-16-24(22)30-13-28-16)32-19(10-15)21-12-38(36-34-21)23-8-4-6-17-25(23)31-14-29-17/h3-14H,2H2,1H3,(H,27,39)(H,28,30)(H,29,31). The highest BCUT2D eigenvalue weighted by Crippen LogP contribution is 2.26. The van der Waals surface area contributed by atoms with Gasteiger partial charge in [0.05, 0.1) is 64.4 Å². The fraction of sp³-hybridized carbons (Fsp3) is 0.0769. The second kappa shape index (κ2) is 8.99. The summed E-state index contributed by atoms with van der Waals surface area (Å²) >= 11 is 0. The molecular weight excluding hydrogens is 496 g/mol. The van der Waals surface area contributed by atoms with Crippen molar-refractivity contribution >= 4 is 28.0 Å². The third-order valence-electron chi connectivity index (χ3n) is 6.29. The molecule has 0 atom stereocenters. The molecule has 5 aromatic heterocycles. The molecule has 1 amide bonds. The van der Waals surface area contributed by atoms with Crippen molar-refractivity contribution in [2.45, 2.75) is 6.92 Å². The van der Waals surface area contributed by atoms with E-state index in [0.29, 0.717) is 34.9 Å². The van der Waals surface area contributed by atoms with Crippen molar-refractivity contribution in [3.8, 4) is 34.2 Å². The number of benzene rings is 2. The van der Waals surface area contributed by atoms with E-state index in [1.807, 2.05) is 43.3 Å². The van der Waals surface area contributed by atoms with Crippen LogP contribution in [0.1, 0.15) is 17.3 Å². The maximum atomic E-state index is 12.9. The molecule has 190 valence electrons. The lowest BCUT2D eigenvalue weighted by molar-refractivity contribution is 0.0956. The van der Waals surface area contributed by atoms with E-state index in [1.165, 1.54) is 0 Å². The number of para-hydroxylation sites is 2. The first-order valence-corrected chi connectivity index (χ1v) is 12.2. The molecule has 0 bridgehead atoms. The summed E-state index contributed by atoms with van der Waals surface area (Å²) in [4.78, 5) is 32.6. The number of rotatable bonds is 6. The van der Waals surface area contributed by atoms with E-state index in [4.69, 9.17) is 4.98 Å². The van der Waals surface area contributed by atoms with Gasteiger partial charge in [-0.05, 0) is 43.3 Å². The van der Waals surface area contributed by atoms with Crippen molar-refractivity contribution in [3.63, 3.8) is 0 Å². The molecule has 3 N–H and O–H groups in total. The maximum Gasteiger partial charge on any atom is 0.251 e. The van der Waals surface area contributed by atoms with Gasteiger partial charge in [-0.3, -0.25) is 4.79 Å². The van der Waals surface area contributed by atoms with Gasteiger partial charge in [0.2, 0.25) is 0 Å². The summed E-state index contributed by atoms with van der Waals surface area (Å²) in [6.07, 6.45) is 6.79. The monoisotopic (exact) mass is 516 g/mol. The summed E-state index contributed by atoms with van der Waals surface area (Å²) in [6, 6.07) is 14.9. The van der Waals surface area contributed by atoms with Crippen LogP contribution in [0, 0.1) is 0 Å². The zero-order chi connectivity index (χ0) is 26.3. The van der Waals surface area contributed by atoms with Crippen molar-refractivity contribution in [3.05, 3.63) is 79.1 Å². The molecule has 0 spiro atoms. The summed E-state index contributed by atoms with van der Waals surface area (Å²) in [6.45, 7) is 2.35. The summed E-state index contributed by atoms with van der Waals surface area (Å²) in [7, 11) is 0. The van der Waals surface area contributed by atoms with Gasteiger partial charge in [0, 0.05) is 12.1 Å². The summed E-state index contributed by atoms with van der Waals surface area (Å²) < 4.78 is 3.29. The fourth-order valence-corrected chi connectivity index (χ4v) is 4.46. The molecule has 0 aliphatic rings. The van der Waals surface area contributed by atoms with E-state index in [0.717, 1.165) is 33.4 Å². The zero-order valence-electron chi connectivity index (χ0n) is 20.6. The minimum Gasteiger partial charge on any atom is -0.352 e. The van der Waals surface area contributed by atoms with Crippen molar-refractivity contribution in [2.24, 2.45) is 0 Å². The number of nitrogens with one attached hydrogen (secondary N) is 3. The Hall–Kier alpha value is -5.72. The van der Waals surface area contributed by atoms with Gasteiger partial charge >= 0.3 is 0 Å². The first-order chi connectivity index (χ1) is 19.2. The SMILES string of the molecule is CCNC(=O)c1cc(-c2cn(-c3cccc4[nH]cnc34)nn2)nc(-c2cn(-c3cccc4nc[nH]c34)nn2)c1. The molecule has 0 aliphatic heterocycles. The van der Waals surface area contributed by atoms with E-state index in [9.17, 15) is 4.79 Å². The Balaban J connectivity index is 1.31. The number of H-pyrrole nitrogens is 2. The van der Waals surface area contributed by atoms with Gasteiger partial charge in [0.25, 0.3) is 5.91 Å². The first kappa shape index (κ1) is 22.5. The van der Waals surface area contributed by atoms with Crippen LogP contribution in [0.4, 0.5) is 0 Å². The minimum atomic E-state index is -0.231. The van der Waals surface area contributed by atoms with E-state index < -0.39 is 0 Å². The van der Waals surface area contributed by atoms with Crippen LogP contribution in [0.3, 0.4) is 0 Å². The number of aromatic nitrogens is 11. The molecule has 7 aromatic rings. The molecule has 13 heteroatoms. The Morgan fingerprint density at radius 3 is 2.31 bits per heavy atom. The summed E-state index contributed by atoms with van der Waals surface area (Å²) in [5.74, 6) is -0.231. The largest absolute Gasteiger partial charge is 0.352 e. The van der Waals surface area contributed by atoms with Gasteiger partial charge in [0.15, 0.2) is 0 Å². The Morgan fingerprint density at radius 1 is 0.846 bits per heavy atom. The quantitative estimate of drug-likeness (QED) is 0.304. The van der Waals surface area contributed by atoms with Crippen LogP contribution in [0.5, 0.6) is 0 Å². The normalized spacial score (nSPS) is 11.4. The lowest BCUT2D eigenvalue weighted by Crippen LogP contribution is -2.22. The number of fused-ring (bicyclic) bond motifs is 2.